The number of nitrogens with one attached hydrogen (secondary N) is 1. The number of fused-ring (bicyclic) bond motifs is 1. The molecule has 2 aromatic carbocycles. The molecule has 0 aliphatic heterocycles. The van der Waals surface area contributed by atoms with Gasteiger partial charge in [-0.1, -0.05) is 12.1 Å². The van der Waals surface area contributed by atoms with Crippen LogP contribution in [0.5, 0.6) is 0 Å². The summed E-state index contributed by atoms with van der Waals surface area (Å²) in [5.41, 5.74) is 4.60. The molecule has 0 atom stereocenters. The minimum atomic E-state index is -0.200. The summed E-state index contributed by atoms with van der Waals surface area (Å²) in [5.74, 6) is 0.885. The fraction of sp³-hybridized carbons (Fsp3) is 0.292. The molecule has 1 fully saturated rings. The summed E-state index contributed by atoms with van der Waals surface area (Å²) in [5, 5.41) is 7.56. The summed E-state index contributed by atoms with van der Waals surface area (Å²) < 4.78 is 7.81. The maximum absolute atomic E-state index is 12.8. The highest BCUT2D eigenvalue weighted by Gasteiger charge is 2.32. The Bertz CT molecular complexity index is 1190. The molecule has 5 rings (SSSR count). The Morgan fingerprint density at radius 2 is 1.83 bits per heavy atom. The molecule has 1 aliphatic carbocycles. The fourth-order valence-corrected chi connectivity index (χ4v) is 3.60. The van der Waals surface area contributed by atoms with E-state index in [9.17, 15) is 4.79 Å². The van der Waals surface area contributed by atoms with E-state index in [1.807, 2.05) is 59.3 Å². The standard InChI is InChI=1S/C24H24N4O2/c1-24(2,3)28-20(15-8-9-15)14-19(27-28)22(29)25-17-12-10-16(11-13-17)23-26-18-6-4-5-7-21(18)30-23/h4-7,10-15H,8-9H2,1-3H3,(H,25,29). The zero-order valence-electron chi connectivity index (χ0n) is 17.3. The van der Waals surface area contributed by atoms with E-state index in [0.29, 0.717) is 23.2 Å². The summed E-state index contributed by atoms with van der Waals surface area (Å²) in [6.45, 7) is 6.33. The van der Waals surface area contributed by atoms with Crippen LogP contribution < -0.4 is 5.32 Å². The first-order chi connectivity index (χ1) is 14.4. The van der Waals surface area contributed by atoms with E-state index in [4.69, 9.17) is 4.42 Å². The van der Waals surface area contributed by atoms with Crippen LogP contribution in [0.2, 0.25) is 0 Å². The van der Waals surface area contributed by atoms with Gasteiger partial charge in [0.25, 0.3) is 5.91 Å². The third kappa shape index (κ3) is 3.49. The molecule has 0 saturated heterocycles. The van der Waals surface area contributed by atoms with E-state index in [0.717, 1.165) is 22.4 Å². The molecule has 1 saturated carbocycles. The highest BCUT2D eigenvalue weighted by molar-refractivity contribution is 6.03. The zero-order chi connectivity index (χ0) is 20.9. The van der Waals surface area contributed by atoms with Crippen LogP contribution in [0.15, 0.2) is 59.0 Å². The highest BCUT2D eigenvalue weighted by atomic mass is 16.3. The average molecular weight is 400 g/mol. The van der Waals surface area contributed by atoms with E-state index >= 15 is 0 Å². The fourth-order valence-electron chi connectivity index (χ4n) is 3.60. The summed E-state index contributed by atoms with van der Waals surface area (Å²) in [6, 6.07) is 17.1. The number of rotatable bonds is 4. The second-order valence-corrected chi connectivity index (χ2v) is 8.83. The molecule has 2 aromatic heterocycles. The lowest BCUT2D eigenvalue weighted by Crippen LogP contribution is -2.25. The number of hydrogen-bond donors (Lipinski definition) is 1. The molecule has 2 heterocycles. The van der Waals surface area contributed by atoms with Gasteiger partial charge >= 0.3 is 0 Å². The van der Waals surface area contributed by atoms with E-state index in [1.54, 1.807) is 0 Å². The summed E-state index contributed by atoms with van der Waals surface area (Å²) in [4.78, 5) is 17.3. The third-order valence-corrected chi connectivity index (χ3v) is 5.28. The number of carbonyl (C=O) groups excluding carboxylic acids is 1. The quantitative estimate of drug-likeness (QED) is 0.486. The predicted molar refractivity (Wildman–Crippen MR) is 117 cm³/mol. The van der Waals surface area contributed by atoms with Gasteiger partial charge in [-0.25, -0.2) is 4.98 Å². The Kier molecular flexibility index (Phi) is 4.24. The van der Waals surface area contributed by atoms with Crippen molar-refractivity contribution < 1.29 is 9.21 Å². The number of benzene rings is 2. The van der Waals surface area contributed by atoms with Gasteiger partial charge in [0.2, 0.25) is 5.89 Å². The maximum atomic E-state index is 12.8. The van der Waals surface area contributed by atoms with Crippen molar-refractivity contribution in [3.05, 3.63) is 66.0 Å². The Hall–Kier alpha value is -3.41. The van der Waals surface area contributed by atoms with Crippen molar-refractivity contribution >= 4 is 22.7 Å². The molecule has 1 aliphatic rings. The third-order valence-electron chi connectivity index (χ3n) is 5.28. The number of carbonyl (C=O) groups is 1. The number of nitrogens with zero attached hydrogens (tertiary/aromatic N) is 3. The monoisotopic (exact) mass is 400 g/mol. The second-order valence-electron chi connectivity index (χ2n) is 8.83. The zero-order valence-corrected chi connectivity index (χ0v) is 17.3. The lowest BCUT2D eigenvalue weighted by atomic mass is 10.1. The highest BCUT2D eigenvalue weighted by Crippen LogP contribution is 2.41. The van der Waals surface area contributed by atoms with Gasteiger partial charge in [-0.3, -0.25) is 9.48 Å². The topological polar surface area (TPSA) is 73.0 Å². The number of hydrogen-bond acceptors (Lipinski definition) is 4. The largest absolute Gasteiger partial charge is 0.436 e. The summed E-state index contributed by atoms with van der Waals surface area (Å²) in [6.07, 6.45) is 2.33. The van der Waals surface area contributed by atoms with Gasteiger partial charge in [-0.15, -0.1) is 0 Å². The van der Waals surface area contributed by atoms with E-state index < -0.39 is 0 Å². The Morgan fingerprint density at radius 1 is 1.10 bits per heavy atom. The lowest BCUT2D eigenvalue weighted by molar-refractivity contribution is 0.102. The van der Waals surface area contributed by atoms with Crippen LogP contribution >= 0.6 is 0 Å². The minimum absolute atomic E-state index is 0.155. The first-order valence-corrected chi connectivity index (χ1v) is 10.3. The van der Waals surface area contributed by atoms with Gasteiger partial charge in [-0.2, -0.15) is 5.10 Å². The molecular weight excluding hydrogens is 376 g/mol. The average Bonchev–Trinajstić information content (AvgIpc) is 3.30. The minimum Gasteiger partial charge on any atom is -0.436 e. The Balaban J connectivity index is 1.35. The van der Waals surface area contributed by atoms with Gasteiger partial charge in [0.1, 0.15) is 5.52 Å². The van der Waals surface area contributed by atoms with E-state index in [1.165, 1.54) is 12.8 Å². The number of oxazole rings is 1. The Morgan fingerprint density at radius 3 is 2.50 bits per heavy atom. The molecule has 1 amide bonds. The van der Waals surface area contributed by atoms with Crippen LogP contribution in [0, 0.1) is 0 Å². The summed E-state index contributed by atoms with van der Waals surface area (Å²) >= 11 is 0. The van der Waals surface area contributed by atoms with Crippen molar-refractivity contribution in [2.75, 3.05) is 5.32 Å². The number of para-hydroxylation sites is 2. The maximum Gasteiger partial charge on any atom is 0.276 e. The Labute approximate surface area is 174 Å². The predicted octanol–water partition coefficient (Wildman–Crippen LogP) is 5.58. The van der Waals surface area contributed by atoms with Crippen molar-refractivity contribution in [1.29, 1.82) is 0 Å². The van der Waals surface area contributed by atoms with Crippen LogP contribution in [-0.2, 0) is 5.54 Å². The smallest absolute Gasteiger partial charge is 0.276 e. The molecule has 6 nitrogen and oxygen atoms in total. The molecular formula is C24H24N4O2. The van der Waals surface area contributed by atoms with E-state index in [-0.39, 0.29) is 11.4 Å². The van der Waals surface area contributed by atoms with Crippen LogP contribution in [0.3, 0.4) is 0 Å². The van der Waals surface area contributed by atoms with Crippen molar-refractivity contribution in [2.45, 2.75) is 45.1 Å². The van der Waals surface area contributed by atoms with Gasteiger partial charge in [0, 0.05) is 22.9 Å². The molecule has 4 aromatic rings. The van der Waals surface area contributed by atoms with Crippen molar-refractivity contribution in [2.24, 2.45) is 0 Å². The molecule has 152 valence electrons. The number of anilines is 1. The molecule has 0 unspecified atom stereocenters. The lowest BCUT2D eigenvalue weighted by Gasteiger charge is -2.22. The molecule has 0 spiro atoms. The van der Waals surface area contributed by atoms with Crippen LogP contribution in [-0.4, -0.2) is 20.7 Å². The molecule has 0 radical (unpaired) electrons. The van der Waals surface area contributed by atoms with Crippen LogP contribution in [0.1, 0.15) is 55.7 Å². The first-order valence-electron chi connectivity index (χ1n) is 10.3. The normalized spacial score (nSPS) is 14.2. The van der Waals surface area contributed by atoms with E-state index in [2.05, 4.69) is 36.2 Å². The van der Waals surface area contributed by atoms with Crippen LogP contribution in [0.25, 0.3) is 22.6 Å². The molecule has 0 bridgehead atoms. The second kappa shape index (κ2) is 6.83. The molecule has 30 heavy (non-hydrogen) atoms. The number of amides is 1. The van der Waals surface area contributed by atoms with Crippen molar-refractivity contribution in [1.82, 2.24) is 14.8 Å². The van der Waals surface area contributed by atoms with Crippen LogP contribution in [0.4, 0.5) is 5.69 Å². The van der Waals surface area contributed by atoms with Gasteiger partial charge in [-0.05, 0) is 76.1 Å². The summed E-state index contributed by atoms with van der Waals surface area (Å²) in [7, 11) is 0. The SMILES string of the molecule is CC(C)(C)n1nc(C(=O)Nc2ccc(-c3nc4ccccc4o3)cc2)cc1C1CC1. The molecule has 1 N–H and O–H groups in total. The number of aromatic nitrogens is 3. The van der Waals surface area contributed by atoms with Gasteiger partial charge in [0.15, 0.2) is 11.3 Å². The van der Waals surface area contributed by atoms with Crippen molar-refractivity contribution in [3.8, 4) is 11.5 Å². The molecule has 6 heteroatoms. The van der Waals surface area contributed by atoms with Gasteiger partial charge in [0.05, 0.1) is 5.54 Å². The first kappa shape index (κ1) is 18.6. The van der Waals surface area contributed by atoms with Crippen molar-refractivity contribution in [3.63, 3.8) is 0 Å². The van der Waals surface area contributed by atoms with Gasteiger partial charge < -0.3 is 9.73 Å².